The van der Waals surface area contributed by atoms with Gasteiger partial charge in [-0.3, -0.25) is 20.2 Å². The SMILES string of the molecule is COc1c(C)cc(Br)cc1C(=O)NC(=S)N1CCN(c2ccc([N+](=O)[O-])cc2)CC1. The van der Waals surface area contributed by atoms with E-state index in [1.165, 1.54) is 19.2 Å². The van der Waals surface area contributed by atoms with Crippen LogP contribution < -0.4 is 15.0 Å². The molecule has 0 spiro atoms. The molecule has 0 atom stereocenters. The first-order valence-electron chi connectivity index (χ1n) is 9.24. The summed E-state index contributed by atoms with van der Waals surface area (Å²) in [5.74, 6) is 0.195. The molecule has 8 nitrogen and oxygen atoms in total. The summed E-state index contributed by atoms with van der Waals surface area (Å²) in [6.45, 7) is 4.51. The van der Waals surface area contributed by atoms with E-state index in [1.807, 2.05) is 17.9 Å². The standard InChI is InChI=1S/C20H21BrN4O4S/c1-13-11-14(21)12-17(18(13)29-2)19(26)22-20(30)24-9-7-23(8-10-24)15-3-5-16(6-4-15)25(27)28/h3-6,11-12H,7-10H2,1-2H3,(H,22,26,30). The first-order valence-corrected chi connectivity index (χ1v) is 10.4. The summed E-state index contributed by atoms with van der Waals surface area (Å²) in [6.07, 6.45) is 0. The normalized spacial score (nSPS) is 13.7. The molecule has 1 aliphatic rings. The molecule has 1 N–H and O–H groups in total. The Balaban J connectivity index is 1.60. The van der Waals surface area contributed by atoms with Crippen LogP contribution in [0.4, 0.5) is 11.4 Å². The summed E-state index contributed by atoms with van der Waals surface area (Å²) in [4.78, 5) is 27.2. The minimum Gasteiger partial charge on any atom is -0.496 e. The number of nitrogens with zero attached hydrogens (tertiary/aromatic N) is 3. The molecule has 3 rings (SSSR count). The molecule has 1 heterocycles. The number of halogens is 1. The summed E-state index contributed by atoms with van der Waals surface area (Å²) >= 11 is 8.85. The van der Waals surface area contributed by atoms with Crippen LogP contribution in [0.1, 0.15) is 15.9 Å². The summed E-state index contributed by atoms with van der Waals surface area (Å²) in [7, 11) is 1.53. The largest absolute Gasteiger partial charge is 0.496 e. The van der Waals surface area contributed by atoms with Crippen molar-refractivity contribution in [2.45, 2.75) is 6.92 Å². The smallest absolute Gasteiger partial charge is 0.269 e. The minimum atomic E-state index is -0.412. The Bertz CT molecular complexity index is 976. The number of amides is 1. The van der Waals surface area contributed by atoms with Crippen LogP contribution in [0.5, 0.6) is 5.75 Å². The predicted molar refractivity (Wildman–Crippen MR) is 122 cm³/mol. The molecule has 0 aliphatic carbocycles. The molecule has 1 saturated heterocycles. The van der Waals surface area contributed by atoms with Crippen molar-refractivity contribution in [3.05, 3.63) is 62.1 Å². The fourth-order valence-electron chi connectivity index (χ4n) is 3.37. The minimum absolute atomic E-state index is 0.0690. The molecule has 1 fully saturated rings. The van der Waals surface area contributed by atoms with E-state index >= 15 is 0 Å². The monoisotopic (exact) mass is 492 g/mol. The second kappa shape index (κ2) is 9.40. The van der Waals surface area contributed by atoms with Gasteiger partial charge in [-0.1, -0.05) is 15.9 Å². The highest BCUT2D eigenvalue weighted by Crippen LogP contribution is 2.28. The number of hydrogen-bond donors (Lipinski definition) is 1. The van der Waals surface area contributed by atoms with Crippen molar-refractivity contribution >= 4 is 50.5 Å². The summed E-state index contributed by atoms with van der Waals surface area (Å²) in [5.41, 5.74) is 2.25. The Labute approximate surface area is 188 Å². The third kappa shape index (κ3) is 4.88. The number of ether oxygens (including phenoxy) is 1. The van der Waals surface area contributed by atoms with Crippen LogP contribution in [0, 0.1) is 17.0 Å². The van der Waals surface area contributed by atoms with Gasteiger partial charge in [0.25, 0.3) is 11.6 Å². The number of non-ortho nitro benzene ring substituents is 1. The number of aryl methyl sites for hydroxylation is 1. The maximum Gasteiger partial charge on any atom is 0.269 e. The van der Waals surface area contributed by atoms with Crippen molar-refractivity contribution in [3.63, 3.8) is 0 Å². The molecular formula is C20H21BrN4O4S. The number of rotatable bonds is 4. The molecular weight excluding hydrogens is 472 g/mol. The van der Waals surface area contributed by atoms with Crippen LogP contribution in [0.2, 0.25) is 0 Å². The lowest BCUT2D eigenvalue weighted by Crippen LogP contribution is -2.52. The van der Waals surface area contributed by atoms with Gasteiger partial charge in [0.15, 0.2) is 5.11 Å². The number of methoxy groups -OCH3 is 1. The third-order valence-corrected chi connectivity index (χ3v) is 5.72. The molecule has 30 heavy (non-hydrogen) atoms. The number of carbonyl (C=O) groups excluding carboxylic acids is 1. The lowest BCUT2D eigenvalue weighted by atomic mass is 10.1. The number of nitro groups is 1. The molecule has 0 unspecified atom stereocenters. The van der Waals surface area contributed by atoms with Gasteiger partial charge in [-0.25, -0.2) is 0 Å². The van der Waals surface area contributed by atoms with E-state index < -0.39 is 4.92 Å². The molecule has 1 amide bonds. The van der Waals surface area contributed by atoms with Gasteiger partial charge in [0.1, 0.15) is 5.75 Å². The topological polar surface area (TPSA) is 88.0 Å². The number of piperazine rings is 1. The Morgan fingerprint density at radius 1 is 1.20 bits per heavy atom. The number of carbonyl (C=O) groups is 1. The molecule has 0 saturated carbocycles. The van der Waals surface area contributed by atoms with Crippen molar-refractivity contribution < 1.29 is 14.5 Å². The van der Waals surface area contributed by atoms with Crippen molar-refractivity contribution in [1.82, 2.24) is 10.2 Å². The Kier molecular flexibility index (Phi) is 6.88. The first kappa shape index (κ1) is 22.0. The fraction of sp³-hybridized carbons (Fsp3) is 0.300. The molecule has 0 aromatic heterocycles. The van der Waals surface area contributed by atoms with E-state index in [4.69, 9.17) is 17.0 Å². The van der Waals surface area contributed by atoms with Crippen LogP contribution in [0.15, 0.2) is 40.9 Å². The van der Waals surface area contributed by atoms with Crippen LogP contribution in [0.25, 0.3) is 0 Å². The maximum absolute atomic E-state index is 12.8. The van der Waals surface area contributed by atoms with E-state index in [0.717, 1.165) is 15.7 Å². The van der Waals surface area contributed by atoms with Crippen LogP contribution in [0.3, 0.4) is 0 Å². The highest BCUT2D eigenvalue weighted by atomic mass is 79.9. The number of thiocarbonyl (C=S) groups is 1. The van der Waals surface area contributed by atoms with E-state index in [9.17, 15) is 14.9 Å². The third-order valence-electron chi connectivity index (χ3n) is 4.90. The second-order valence-corrected chi connectivity index (χ2v) is 8.11. The Morgan fingerprint density at radius 2 is 1.83 bits per heavy atom. The molecule has 2 aromatic rings. The molecule has 10 heteroatoms. The fourth-order valence-corrected chi connectivity index (χ4v) is 4.21. The molecule has 2 aromatic carbocycles. The van der Waals surface area contributed by atoms with Crippen molar-refractivity contribution in [3.8, 4) is 5.75 Å². The van der Waals surface area contributed by atoms with Crippen molar-refractivity contribution in [2.75, 3.05) is 38.2 Å². The van der Waals surface area contributed by atoms with Crippen molar-refractivity contribution in [2.24, 2.45) is 0 Å². The highest BCUT2D eigenvalue weighted by Gasteiger charge is 2.23. The van der Waals surface area contributed by atoms with Gasteiger partial charge in [0.05, 0.1) is 17.6 Å². The zero-order chi connectivity index (χ0) is 21.8. The lowest BCUT2D eigenvalue weighted by molar-refractivity contribution is -0.384. The number of benzene rings is 2. The average Bonchev–Trinajstić information content (AvgIpc) is 2.73. The summed E-state index contributed by atoms with van der Waals surface area (Å²) in [6, 6.07) is 10.1. The summed E-state index contributed by atoms with van der Waals surface area (Å²) < 4.78 is 6.16. The molecule has 0 radical (unpaired) electrons. The van der Waals surface area contributed by atoms with Crippen LogP contribution in [-0.2, 0) is 0 Å². The number of anilines is 1. The van der Waals surface area contributed by atoms with Gasteiger partial charge in [-0.05, 0) is 49.0 Å². The predicted octanol–water partition coefficient (Wildman–Crippen LogP) is 3.51. The van der Waals surface area contributed by atoms with Gasteiger partial charge >= 0.3 is 0 Å². The second-order valence-electron chi connectivity index (χ2n) is 6.81. The number of hydrogen-bond acceptors (Lipinski definition) is 6. The van der Waals surface area contributed by atoms with Gasteiger partial charge in [0, 0.05) is 48.5 Å². The van der Waals surface area contributed by atoms with E-state index in [0.29, 0.717) is 42.6 Å². The number of nitro benzene ring substituents is 1. The zero-order valence-corrected chi connectivity index (χ0v) is 19.0. The summed E-state index contributed by atoms with van der Waals surface area (Å²) in [5, 5.41) is 14.0. The Hall–Kier alpha value is -2.72. The zero-order valence-electron chi connectivity index (χ0n) is 16.6. The number of nitrogens with one attached hydrogen (secondary N) is 1. The Morgan fingerprint density at radius 3 is 2.40 bits per heavy atom. The van der Waals surface area contributed by atoms with Crippen LogP contribution in [-0.4, -0.2) is 54.1 Å². The van der Waals surface area contributed by atoms with E-state index in [-0.39, 0.29) is 11.6 Å². The van der Waals surface area contributed by atoms with Gasteiger partial charge in [-0.15, -0.1) is 0 Å². The van der Waals surface area contributed by atoms with Gasteiger partial charge in [0.2, 0.25) is 0 Å². The highest BCUT2D eigenvalue weighted by molar-refractivity contribution is 9.10. The molecule has 1 aliphatic heterocycles. The quantitative estimate of drug-likeness (QED) is 0.396. The van der Waals surface area contributed by atoms with Gasteiger partial charge < -0.3 is 14.5 Å². The average molecular weight is 493 g/mol. The molecule has 0 bridgehead atoms. The van der Waals surface area contributed by atoms with Crippen molar-refractivity contribution in [1.29, 1.82) is 0 Å². The van der Waals surface area contributed by atoms with Crippen LogP contribution >= 0.6 is 28.1 Å². The van der Waals surface area contributed by atoms with E-state index in [2.05, 4.69) is 26.1 Å². The maximum atomic E-state index is 12.8. The first-order chi connectivity index (χ1) is 14.3. The lowest BCUT2D eigenvalue weighted by Gasteiger charge is -2.37. The van der Waals surface area contributed by atoms with Gasteiger partial charge in [-0.2, -0.15) is 0 Å². The van der Waals surface area contributed by atoms with E-state index in [1.54, 1.807) is 18.2 Å². The molecule has 158 valence electrons.